The van der Waals surface area contributed by atoms with Crippen LogP contribution in [-0.2, 0) is 4.79 Å². The molecule has 0 bridgehead atoms. The van der Waals surface area contributed by atoms with E-state index in [4.69, 9.17) is 5.73 Å². The number of amides is 4. The molecule has 4 amide bonds. The number of urea groups is 1. The molecule has 4 N–H and O–H groups in total. The topological polar surface area (TPSA) is 136 Å². The molecular weight excluding hydrogens is 352 g/mol. The molecule has 0 fully saturated rings. The van der Waals surface area contributed by atoms with E-state index in [0.29, 0.717) is 5.69 Å². The SMILES string of the molecule is CN1C(=O)C(=NC(=O)c2ccc(O)c(O)c2)C(N)=[N+](c2ccccc2)C1=O. The molecule has 2 aromatic rings. The number of phenolic OH excluding ortho intramolecular Hbond substituents is 2. The van der Waals surface area contributed by atoms with Crippen LogP contribution < -0.4 is 5.73 Å². The Morgan fingerprint density at radius 3 is 2.37 bits per heavy atom. The molecule has 1 heterocycles. The Balaban J connectivity index is 2.12. The minimum Gasteiger partial charge on any atom is -0.504 e. The van der Waals surface area contributed by atoms with Crippen molar-refractivity contribution in [3.05, 3.63) is 54.1 Å². The lowest BCUT2D eigenvalue weighted by Crippen LogP contribution is -2.55. The monoisotopic (exact) mass is 367 g/mol. The van der Waals surface area contributed by atoms with Gasteiger partial charge in [-0.1, -0.05) is 18.2 Å². The number of aliphatic imine (C=N–C) groups is 1. The van der Waals surface area contributed by atoms with E-state index >= 15 is 0 Å². The molecule has 0 saturated heterocycles. The summed E-state index contributed by atoms with van der Waals surface area (Å²) in [6.45, 7) is 0. The predicted molar refractivity (Wildman–Crippen MR) is 95.3 cm³/mol. The minimum absolute atomic E-state index is 0.0655. The van der Waals surface area contributed by atoms with Gasteiger partial charge in [0.1, 0.15) is 5.69 Å². The van der Waals surface area contributed by atoms with Gasteiger partial charge in [-0.15, -0.1) is 0 Å². The molecule has 1 aliphatic heterocycles. The van der Waals surface area contributed by atoms with Crippen LogP contribution in [0.5, 0.6) is 11.5 Å². The molecule has 0 unspecified atom stereocenters. The van der Waals surface area contributed by atoms with Crippen LogP contribution in [0.2, 0.25) is 0 Å². The number of carbonyl (C=O) groups excluding carboxylic acids is 3. The van der Waals surface area contributed by atoms with E-state index in [1.54, 1.807) is 30.3 Å². The molecule has 27 heavy (non-hydrogen) atoms. The van der Waals surface area contributed by atoms with Crippen molar-refractivity contribution in [1.29, 1.82) is 0 Å². The fourth-order valence-electron chi connectivity index (χ4n) is 2.47. The normalized spacial score (nSPS) is 16.2. The van der Waals surface area contributed by atoms with Gasteiger partial charge in [-0.25, -0.2) is 9.59 Å². The van der Waals surface area contributed by atoms with Gasteiger partial charge in [0, 0.05) is 5.56 Å². The van der Waals surface area contributed by atoms with Crippen LogP contribution in [0.3, 0.4) is 0 Å². The number of rotatable bonds is 2. The van der Waals surface area contributed by atoms with Crippen molar-refractivity contribution in [2.24, 2.45) is 10.7 Å². The second kappa shape index (κ2) is 6.71. The number of aromatic hydroxyl groups is 2. The van der Waals surface area contributed by atoms with E-state index in [1.807, 2.05) is 0 Å². The van der Waals surface area contributed by atoms with Gasteiger partial charge in [-0.05, 0) is 30.3 Å². The molecule has 0 radical (unpaired) electrons. The lowest BCUT2D eigenvalue weighted by molar-refractivity contribution is -0.342. The number of carbonyl (C=O) groups is 3. The van der Waals surface area contributed by atoms with Crippen molar-refractivity contribution in [3.63, 3.8) is 0 Å². The molecule has 3 rings (SSSR count). The number of amidine groups is 1. The molecule has 0 atom stereocenters. The Labute approximate surface area is 153 Å². The number of hydrogen-bond acceptors (Lipinski definition) is 6. The fourth-order valence-corrected chi connectivity index (χ4v) is 2.47. The van der Waals surface area contributed by atoms with E-state index < -0.39 is 35.1 Å². The Morgan fingerprint density at radius 1 is 1.07 bits per heavy atom. The number of nitrogens with two attached hydrogens (primary N) is 1. The zero-order valence-corrected chi connectivity index (χ0v) is 14.2. The second-order valence-electron chi connectivity index (χ2n) is 5.67. The smallest absolute Gasteiger partial charge is 0.451 e. The quantitative estimate of drug-likeness (QED) is 0.534. The van der Waals surface area contributed by atoms with Crippen molar-refractivity contribution >= 4 is 35.1 Å². The van der Waals surface area contributed by atoms with Crippen molar-refractivity contribution in [1.82, 2.24) is 4.90 Å². The number of benzene rings is 2. The lowest BCUT2D eigenvalue weighted by atomic mass is 10.1. The summed E-state index contributed by atoms with van der Waals surface area (Å²) in [5, 5.41) is 18.8. The standard InChI is InChI=1S/C18H14N4O5/c1-21-17(26)14(20-16(25)10-7-8-12(23)13(24)9-10)15(19)22(18(21)27)11-5-3-2-4-6-11/h2-9H,1H3,(H3,19,20,23,24,25,26)/p+1. The van der Waals surface area contributed by atoms with E-state index in [1.165, 1.54) is 13.1 Å². The lowest BCUT2D eigenvalue weighted by Gasteiger charge is -2.20. The summed E-state index contributed by atoms with van der Waals surface area (Å²) in [6.07, 6.45) is 0. The summed E-state index contributed by atoms with van der Waals surface area (Å²) < 4.78 is 1.07. The highest BCUT2D eigenvalue weighted by Crippen LogP contribution is 2.25. The predicted octanol–water partition coefficient (Wildman–Crippen LogP) is 0.972. The maximum Gasteiger partial charge on any atom is 0.451 e. The molecule has 2 aromatic carbocycles. The Kier molecular flexibility index (Phi) is 4.43. The van der Waals surface area contributed by atoms with Gasteiger partial charge in [0.15, 0.2) is 11.5 Å². The molecule has 136 valence electrons. The van der Waals surface area contributed by atoms with Gasteiger partial charge in [0.25, 0.3) is 11.7 Å². The van der Waals surface area contributed by atoms with Crippen molar-refractivity contribution < 1.29 is 29.2 Å². The summed E-state index contributed by atoms with van der Waals surface area (Å²) >= 11 is 0. The Bertz CT molecular complexity index is 1030. The van der Waals surface area contributed by atoms with Gasteiger partial charge in [0.2, 0.25) is 5.71 Å². The number of imide groups is 1. The van der Waals surface area contributed by atoms with Crippen LogP contribution in [0.25, 0.3) is 0 Å². The molecule has 0 saturated carbocycles. The van der Waals surface area contributed by atoms with Crippen molar-refractivity contribution in [3.8, 4) is 11.5 Å². The Morgan fingerprint density at radius 2 is 1.74 bits per heavy atom. The number of hydrogen-bond donors (Lipinski definition) is 3. The van der Waals surface area contributed by atoms with Gasteiger partial charge in [-0.2, -0.15) is 14.5 Å². The van der Waals surface area contributed by atoms with Crippen LogP contribution in [0.4, 0.5) is 10.5 Å². The summed E-state index contributed by atoms with van der Waals surface area (Å²) in [6, 6.07) is 11.0. The number of para-hydroxylation sites is 1. The van der Waals surface area contributed by atoms with Gasteiger partial charge < -0.3 is 15.9 Å². The largest absolute Gasteiger partial charge is 0.504 e. The third kappa shape index (κ3) is 3.13. The second-order valence-corrected chi connectivity index (χ2v) is 5.67. The summed E-state index contributed by atoms with van der Waals surface area (Å²) in [4.78, 5) is 41.8. The molecule has 9 nitrogen and oxygen atoms in total. The summed E-state index contributed by atoms with van der Waals surface area (Å²) in [5.41, 5.74) is 5.92. The van der Waals surface area contributed by atoms with Crippen LogP contribution >= 0.6 is 0 Å². The third-order valence-electron chi connectivity index (χ3n) is 3.92. The number of phenols is 2. The minimum atomic E-state index is -0.868. The molecule has 9 heteroatoms. The molecule has 0 aliphatic carbocycles. The zero-order valence-electron chi connectivity index (χ0n) is 14.2. The highest BCUT2D eigenvalue weighted by molar-refractivity contribution is 6.68. The first-order valence-corrected chi connectivity index (χ1v) is 7.76. The molecule has 1 aliphatic rings. The van der Waals surface area contributed by atoms with Crippen LogP contribution in [-0.4, -0.2) is 56.1 Å². The third-order valence-corrected chi connectivity index (χ3v) is 3.92. The first-order chi connectivity index (χ1) is 12.8. The molecule has 0 aromatic heterocycles. The molecular formula is C18H15N4O5+. The van der Waals surface area contributed by atoms with Gasteiger partial charge >= 0.3 is 11.9 Å². The highest BCUT2D eigenvalue weighted by Gasteiger charge is 2.42. The average molecular weight is 367 g/mol. The Hall–Kier alpha value is -4.01. The van der Waals surface area contributed by atoms with Gasteiger partial charge in [-0.3, -0.25) is 4.79 Å². The summed E-state index contributed by atoms with van der Waals surface area (Å²) in [7, 11) is 1.25. The van der Waals surface area contributed by atoms with Crippen molar-refractivity contribution in [2.45, 2.75) is 0 Å². The first-order valence-electron chi connectivity index (χ1n) is 7.76. The van der Waals surface area contributed by atoms with E-state index in [2.05, 4.69) is 4.99 Å². The highest BCUT2D eigenvalue weighted by atomic mass is 16.3. The maximum atomic E-state index is 12.5. The average Bonchev–Trinajstić information content (AvgIpc) is 2.66. The van der Waals surface area contributed by atoms with Gasteiger partial charge in [0.05, 0.1) is 7.05 Å². The zero-order chi connectivity index (χ0) is 19.7. The maximum absolute atomic E-state index is 12.5. The van der Waals surface area contributed by atoms with Crippen molar-refractivity contribution in [2.75, 3.05) is 7.05 Å². The van der Waals surface area contributed by atoms with Crippen LogP contribution in [0.1, 0.15) is 10.4 Å². The molecule has 0 spiro atoms. The van der Waals surface area contributed by atoms with Crippen LogP contribution in [0, 0.1) is 0 Å². The van der Waals surface area contributed by atoms with E-state index in [9.17, 15) is 24.6 Å². The van der Waals surface area contributed by atoms with E-state index in [0.717, 1.165) is 21.6 Å². The fraction of sp³-hybridized carbons (Fsp3) is 0.0556. The van der Waals surface area contributed by atoms with Crippen LogP contribution in [0.15, 0.2) is 53.5 Å². The number of nitrogens with zero attached hydrogens (tertiary/aromatic N) is 3. The summed E-state index contributed by atoms with van der Waals surface area (Å²) in [5.74, 6) is -2.90. The van der Waals surface area contributed by atoms with E-state index in [-0.39, 0.29) is 11.4 Å². The first kappa shape index (κ1) is 17.8.